The Bertz CT molecular complexity index is 1270. The Balaban J connectivity index is 1.19. The second-order valence-corrected chi connectivity index (χ2v) is 9.31. The number of rotatable bonds is 9. The summed E-state index contributed by atoms with van der Waals surface area (Å²) in [6.07, 6.45) is 0. The lowest BCUT2D eigenvalue weighted by molar-refractivity contribution is 0.0322. The van der Waals surface area contributed by atoms with E-state index in [1.54, 1.807) is 23.5 Å². The third-order valence-corrected chi connectivity index (χ3v) is 6.85. The number of benzene rings is 3. The van der Waals surface area contributed by atoms with Gasteiger partial charge in [-0.3, -0.25) is 9.69 Å². The quantitative estimate of drug-likeness (QED) is 0.350. The van der Waals surface area contributed by atoms with Gasteiger partial charge in [0, 0.05) is 37.4 Å². The van der Waals surface area contributed by atoms with Crippen LogP contribution in [-0.2, 0) is 11.3 Å². The molecule has 2 N–H and O–H groups in total. The van der Waals surface area contributed by atoms with Crippen LogP contribution in [0.25, 0.3) is 10.2 Å². The predicted molar refractivity (Wildman–Crippen MR) is 141 cm³/mol. The van der Waals surface area contributed by atoms with Gasteiger partial charge < -0.3 is 20.1 Å². The Kier molecular flexibility index (Phi) is 7.53. The summed E-state index contributed by atoms with van der Waals surface area (Å²) in [4.78, 5) is 19.7. The molecular weight excluding hydrogens is 460 g/mol. The van der Waals surface area contributed by atoms with Gasteiger partial charge in [0.05, 0.1) is 23.4 Å². The Morgan fingerprint density at radius 2 is 1.83 bits per heavy atom. The second kappa shape index (κ2) is 11.3. The van der Waals surface area contributed by atoms with Gasteiger partial charge in [-0.05, 0) is 42.0 Å². The molecule has 8 heteroatoms. The number of nitrogens with zero attached hydrogens (tertiary/aromatic N) is 2. The fraction of sp³-hybridized carbons (Fsp3) is 0.259. The molecule has 7 nitrogen and oxygen atoms in total. The zero-order valence-corrected chi connectivity index (χ0v) is 20.2. The van der Waals surface area contributed by atoms with E-state index in [0.29, 0.717) is 18.7 Å². The Morgan fingerprint density at radius 1 is 1.03 bits per heavy atom. The van der Waals surface area contributed by atoms with Crippen LogP contribution in [0.4, 0.5) is 10.8 Å². The Hall–Kier alpha value is -3.46. The number of carbonyl (C=O) groups excluding carboxylic acids is 1. The van der Waals surface area contributed by atoms with Crippen molar-refractivity contribution >= 4 is 38.3 Å². The molecule has 0 spiro atoms. The lowest BCUT2D eigenvalue weighted by Gasteiger charge is -2.26. The summed E-state index contributed by atoms with van der Waals surface area (Å²) < 4.78 is 12.4. The molecular formula is C27H28N4O3S. The molecule has 35 heavy (non-hydrogen) atoms. The molecule has 4 aromatic rings. The van der Waals surface area contributed by atoms with E-state index in [4.69, 9.17) is 14.5 Å². The van der Waals surface area contributed by atoms with Gasteiger partial charge in [-0.25, -0.2) is 4.98 Å². The van der Waals surface area contributed by atoms with Crippen LogP contribution in [0.1, 0.15) is 15.9 Å². The van der Waals surface area contributed by atoms with Gasteiger partial charge in [0.25, 0.3) is 5.91 Å². The summed E-state index contributed by atoms with van der Waals surface area (Å²) in [5, 5.41) is 7.25. The van der Waals surface area contributed by atoms with Gasteiger partial charge in [-0.1, -0.05) is 47.7 Å². The maximum atomic E-state index is 12.6. The summed E-state index contributed by atoms with van der Waals surface area (Å²) >= 11 is 1.59. The van der Waals surface area contributed by atoms with Crippen LogP contribution in [-0.4, -0.2) is 55.2 Å². The van der Waals surface area contributed by atoms with E-state index < -0.39 is 0 Å². The zero-order valence-electron chi connectivity index (χ0n) is 19.4. The number of ether oxygens (including phenoxy) is 2. The average molecular weight is 489 g/mol. The Morgan fingerprint density at radius 3 is 2.69 bits per heavy atom. The van der Waals surface area contributed by atoms with E-state index in [0.717, 1.165) is 65.2 Å². The summed E-state index contributed by atoms with van der Waals surface area (Å²) in [6.45, 7) is 5.63. The summed E-state index contributed by atoms with van der Waals surface area (Å²) in [7, 11) is 0. The molecule has 0 atom stereocenters. The van der Waals surface area contributed by atoms with E-state index in [1.165, 1.54) is 0 Å². The topological polar surface area (TPSA) is 75.7 Å². The first-order valence-electron chi connectivity index (χ1n) is 11.8. The van der Waals surface area contributed by atoms with Crippen LogP contribution in [0, 0.1) is 0 Å². The van der Waals surface area contributed by atoms with E-state index >= 15 is 0 Å². The molecule has 0 aliphatic carbocycles. The van der Waals surface area contributed by atoms with Crippen molar-refractivity contribution in [3.05, 3.63) is 83.9 Å². The minimum absolute atomic E-state index is 0.126. The molecule has 180 valence electrons. The van der Waals surface area contributed by atoms with Crippen LogP contribution >= 0.6 is 11.3 Å². The molecule has 1 fully saturated rings. The summed E-state index contributed by atoms with van der Waals surface area (Å²) in [6, 6.07) is 23.0. The number of para-hydroxylation sites is 1. The molecule has 2 heterocycles. The van der Waals surface area contributed by atoms with Gasteiger partial charge in [-0.15, -0.1) is 0 Å². The van der Waals surface area contributed by atoms with Crippen molar-refractivity contribution in [2.75, 3.05) is 50.1 Å². The first-order valence-corrected chi connectivity index (χ1v) is 12.6. The molecule has 1 saturated heterocycles. The van der Waals surface area contributed by atoms with Crippen LogP contribution in [0.2, 0.25) is 0 Å². The lowest BCUT2D eigenvalue weighted by Crippen LogP contribution is -2.38. The van der Waals surface area contributed by atoms with Gasteiger partial charge >= 0.3 is 0 Å². The number of hydrogen-bond donors (Lipinski definition) is 2. The largest absolute Gasteiger partial charge is 0.492 e. The SMILES string of the molecule is O=C(Nc1ccccc1CNc1nc2ccc(OCCN3CCOCC3)cc2s1)c1ccccc1. The second-order valence-electron chi connectivity index (χ2n) is 8.28. The number of amides is 1. The van der Waals surface area contributed by atoms with Crippen molar-refractivity contribution in [2.45, 2.75) is 6.54 Å². The predicted octanol–water partition coefficient (Wildman–Crippen LogP) is 4.87. The summed E-state index contributed by atoms with van der Waals surface area (Å²) in [5.41, 5.74) is 3.34. The monoisotopic (exact) mass is 488 g/mol. The highest BCUT2D eigenvalue weighted by molar-refractivity contribution is 7.22. The first kappa shape index (κ1) is 23.3. The number of thiazole rings is 1. The minimum Gasteiger partial charge on any atom is -0.492 e. The summed E-state index contributed by atoms with van der Waals surface area (Å²) in [5.74, 6) is 0.731. The van der Waals surface area contributed by atoms with Crippen molar-refractivity contribution < 1.29 is 14.3 Å². The normalized spacial score (nSPS) is 14.1. The third kappa shape index (κ3) is 6.16. The average Bonchev–Trinajstić information content (AvgIpc) is 3.31. The van der Waals surface area contributed by atoms with Gasteiger partial charge in [-0.2, -0.15) is 0 Å². The molecule has 0 bridgehead atoms. The molecule has 1 aromatic heterocycles. The van der Waals surface area contributed by atoms with Gasteiger partial charge in [0.15, 0.2) is 5.13 Å². The first-order chi connectivity index (χ1) is 17.2. The van der Waals surface area contributed by atoms with Gasteiger partial charge in [0.1, 0.15) is 12.4 Å². The number of hydrogen-bond acceptors (Lipinski definition) is 7. The highest BCUT2D eigenvalue weighted by Gasteiger charge is 2.12. The number of fused-ring (bicyclic) bond motifs is 1. The fourth-order valence-corrected chi connectivity index (χ4v) is 4.83. The van der Waals surface area contributed by atoms with Crippen LogP contribution < -0.4 is 15.4 Å². The molecule has 1 aliphatic heterocycles. The van der Waals surface area contributed by atoms with Crippen molar-refractivity contribution in [1.82, 2.24) is 9.88 Å². The molecule has 1 aliphatic rings. The maximum absolute atomic E-state index is 12.6. The standard InChI is InChI=1S/C27H28N4O3S/c32-26(20-6-2-1-3-7-20)29-23-9-5-4-8-21(23)19-28-27-30-24-11-10-22(18-25(24)35-27)34-17-14-31-12-15-33-16-13-31/h1-11,18H,12-17,19H2,(H,28,30)(H,29,32). The Labute approximate surface area is 208 Å². The fourth-order valence-electron chi connectivity index (χ4n) is 3.94. The number of carbonyl (C=O) groups is 1. The molecule has 0 unspecified atom stereocenters. The number of nitrogens with one attached hydrogen (secondary N) is 2. The van der Waals surface area contributed by atoms with E-state index in [1.807, 2.05) is 60.7 Å². The molecule has 1 amide bonds. The van der Waals surface area contributed by atoms with Crippen LogP contribution in [0.15, 0.2) is 72.8 Å². The molecule has 0 radical (unpaired) electrons. The van der Waals surface area contributed by atoms with Crippen molar-refractivity contribution in [3.8, 4) is 5.75 Å². The van der Waals surface area contributed by atoms with E-state index in [-0.39, 0.29) is 5.91 Å². The van der Waals surface area contributed by atoms with Crippen LogP contribution in [0.5, 0.6) is 5.75 Å². The van der Waals surface area contributed by atoms with Crippen molar-refractivity contribution in [3.63, 3.8) is 0 Å². The molecule has 5 rings (SSSR count). The van der Waals surface area contributed by atoms with Crippen molar-refractivity contribution in [2.24, 2.45) is 0 Å². The number of aromatic nitrogens is 1. The van der Waals surface area contributed by atoms with E-state index in [2.05, 4.69) is 15.5 Å². The number of anilines is 2. The third-order valence-electron chi connectivity index (χ3n) is 5.87. The highest BCUT2D eigenvalue weighted by atomic mass is 32.1. The zero-order chi connectivity index (χ0) is 23.9. The molecule has 0 saturated carbocycles. The lowest BCUT2D eigenvalue weighted by atomic mass is 10.1. The van der Waals surface area contributed by atoms with Gasteiger partial charge in [0.2, 0.25) is 0 Å². The van der Waals surface area contributed by atoms with Crippen LogP contribution in [0.3, 0.4) is 0 Å². The highest BCUT2D eigenvalue weighted by Crippen LogP contribution is 2.30. The van der Waals surface area contributed by atoms with Crippen molar-refractivity contribution in [1.29, 1.82) is 0 Å². The van der Waals surface area contributed by atoms with E-state index in [9.17, 15) is 4.79 Å². The molecule has 3 aromatic carbocycles. The smallest absolute Gasteiger partial charge is 0.255 e. The number of morpholine rings is 1. The maximum Gasteiger partial charge on any atom is 0.255 e. The minimum atomic E-state index is -0.126.